The molecule has 0 saturated carbocycles. The van der Waals surface area contributed by atoms with Crippen molar-refractivity contribution >= 4 is 21.6 Å². The monoisotopic (exact) mass is 347 g/mol. The van der Waals surface area contributed by atoms with E-state index in [2.05, 4.69) is 14.5 Å². The first-order chi connectivity index (χ1) is 10.3. The number of nitrogens with one attached hydrogen (secondary N) is 1. The van der Waals surface area contributed by atoms with Crippen LogP contribution in [0, 0.1) is 0 Å². The van der Waals surface area contributed by atoms with E-state index >= 15 is 0 Å². The van der Waals surface area contributed by atoms with Crippen molar-refractivity contribution in [2.45, 2.75) is 10.9 Å². The van der Waals surface area contributed by atoms with Crippen molar-refractivity contribution in [3.63, 3.8) is 0 Å². The molecule has 1 fully saturated rings. The molecule has 0 radical (unpaired) electrons. The fourth-order valence-corrected chi connectivity index (χ4v) is 3.85. The maximum Gasteiger partial charge on any atom is 0.240 e. The van der Waals surface area contributed by atoms with Crippen LogP contribution in [0.1, 0.15) is 0 Å². The molecule has 1 heterocycles. The Morgan fingerprint density at radius 2 is 2.09 bits per heavy atom. The van der Waals surface area contributed by atoms with E-state index in [0.29, 0.717) is 12.3 Å². The summed E-state index contributed by atoms with van der Waals surface area (Å²) in [5.41, 5.74) is 0. The van der Waals surface area contributed by atoms with E-state index in [1.165, 1.54) is 19.2 Å². The summed E-state index contributed by atoms with van der Waals surface area (Å²) < 4.78 is 32.4. The van der Waals surface area contributed by atoms with Crippen LogP contribution >= 0.6 is 11.6 Å². The van der Waals surface area contributed by atoms with E-state index in [1.54, 1.807) is 6.07 Å². The van der Waals surface area contributed by atoms with Crippen LogP contribution in [0.25, 0.3) is 0 Å². The van der Waals surface area contributed by atoms with Crippen LogP contribution in [0.4, 0.5) is 0 Å². The summed E-state index contributed by atoms with van der Waals surface area (Å²) in [4.78, 5) is 4.51. The van der Waals surface area contributed by atoms with Gasteiger partial charge >= 0.3 is 0 Å². The summed E-state index contributed by atoms with van der Waals surface area (Å²) in [7, 11) is 1.96. The third kappa shape index (κ3) is 4.11. The number of hydrogen-bond donors (Lipinski definition) is 1. The molecule has 8 heteroatoms. The number of halogens is 1. The second-order valence-corrected chi connectivity index (χ2v) is 7.72. The molecule has 0 aliphatic carbocycles. The third-order valence-corrected chi connectivity index (χ3v) is 5.64. The molecule has 1 aliphatic heterocycles. The highest BCUT2D eigenvalue weighted by Gasteiger charge is 2.24. The number of nitrogens with zero attached hydrogens (tertiary/aromatic N) is 2. The molecule has 1 aromatic carbocycles. The number of hydrogen-bond acceptors (Lipinski definition) is 5. The lowest BCUT2D eigenvalue weighted by Crippen LogP contribution is -2.54. The van der Waals surface area contributed by atoms with Gasteiger partial charge in [0, 0.05) is 32.2 Å². The van der Waals surface area contributed by atoms with Crippen molar-refractivity contribution in [1.29, 1.82) is 0 Å². The molecule has 2 rings (SSSR count). The van der Waals surface area contributed by atoms with Gasteiger partial charge in [0.2, 0.25) is 10.0 Å². The van der Waals surface area contributed by atoms with Crippen LogP contribution in [-0.2, 0) is 10.0 Å². The summed E-state index contributed by atoms with van der Waals surface area (Å²) in [6.45, 7) is 3.13. The van der Waals surface area contributed by atoms with Crippen molar-refractivity contribution in [3.8, 4) is 5.75 Å². The van der Waals surface area contributed by atoms with Gasteiger partial charge in [-0.15, -0.1) is 0 Å². The summed E-state index contributed by atoms with van der Waals surface area (Å²) in [5.74, 6) is 0.453. The standard InChI is InChI=1S/C14H22ClN3O3S/c1-17-6-7-18(2)11(10-17)9-16-22(19,20)12-4-5-14(21-3)13(15)8-12/h4-5,8,11,16H,6-7,9-10H2,1-3H3. The Hall–Kier alpha value is -0.860. The van der Waals surface area contributed by atoms with Gasteiger partial charge in [-0.1, -0.05) is 11.6 Å². The Bertz CT molecular complexity index is 624. The van der Waals surface area contributed by atoms with E-state index in [0.717, 1.165) is 19.6 Å². The Morgan fingerprint density at radius 1 is 1.36 bits per heavy atom. The summed E-state index contributed by atoms with van der Waals surface area (Å²) >= 11 is 5.99. The minimum Gasteiger partial charge on any atom is -0.495 e. The third-order valence-electron chi connectivity index (χ3n) is 3.92. The number of sulfonamides is 1. The molecule has 22 heavy (non-hydrogen) atoms. The SMILES string of the molecule is COc1ccc(S(=O)(=O)NCC2CN(C)CCN2C)cc1Cl. The first-order valence-electron chi connectivity index (χ1n) is 7.05. The van der Waals surface area contributed by atoms with E-state index in [1.807, 2.05) is 14.1 Å². The quantitative estimate of drug-likeness (QED) is 0.856. The lowest BCUT2D eigenvalue weighted by Gasteiger charge is -2.37. The fourth-order valence-electron chi connectivity index (χ4n) is 2.43. The Morgan fingerprint density at radius 3 is 2.73 bits per heavy atom. The van der Waals surface area contributed by atoms with E-state index in [-0.39, 0.29) is 16.0 Å². The van der Waals surface area contributed by atoms with Crippen LogP contribution in [0.15, 0.2) is 23.1 Å². The Labute approximate surface area is 137 Å². The highest BCUT2D eigenvalue weighted by molar-refractivity contribution is 7.89. The van der Waals surface area contributed by atoms with E-state index < -0.39 is 10.0 Å². The predicted octanol–water partition coefficient (Wildman–Crippen LogP) is 0.873. The lowest BCUT2D eigenvalue weighted by atomic mass is 10.2. The van der Waals surface area contributed by atoms with Gasteiger partial charge in [-0.25, -0.2) is 13.1 Å². The van der Waals surface area contributed by atoms with Crippen LogP contribution < -0.4 is 9.46 Å². The van der Waals surface area contributed by atoms with E-state index in [9.17, 15) is 8.42 Å². The van der Waals surface area contributed by atoms with Gasteiger partial charge in [0.25, 0.3) is 0 Å². The van der Waals surface area contributed by atoms with Crippen LogP contribution in [0.5, 0.6) is 5.75 Å². The summed E-state index contributed by atoms with van der Waals surface area (Å²) in [6.07, 6.45) is 0. The normalized spacial score (nSPS) is 21.0. The molecular formula is C14H22ClN3O3S. The van der Waals surface area contributed by atoms with Gasteiger partial charge in [-0.05, 0) is 32.3 Å². The Balaban J connectivity index is 2.06. The predicted molar refractivity (Wildman–Crippen MR) is 87.1 cm³/mol. The average molecular weight is 348 g/mol. The van der Waals surface area contributed by atoms with Gasteiger partial charge in [-0.2, -0.15) is 0 Å². The zero-order valence-electron chi connectivity index (χ0n) is 13.0. The molecule has 124 valence electrons. The van der Waals surface area contributed by atoms with Crippen molar-refractivity contribution < 1.29 is 13.2 Å². The highest BCUT2D eigenvalue weighted by Crippen LogP contribution is 2.26. The molecule has 1 aliphatic rings. The fraction of sp³-hybridized carbons (Fsp3) is 0.571. The minimum atomic E-state index is -3.58. The molecule has 1 unspecified atom stereocenters. The topological polar surface area (TPSA) is 61.9 Å². The number of benzene rings is 1. The van der Waals surface area contributed by atoms with Gasteiger partial charge < -0.3 is 9.64 Å². The minimum absolute atomic E-state index is 0.144. The number of methoxy groups -OCH3 is 1. The zero-order valence-corrected chi connectivity index (χ0v) is 14.6. The van der Waals surface area contributed by atoms with Crippen molar-refractivity contribution in [2.75, 3.05) is 47.4 Å². The zero-order chi connectivity index (χ0) is 16.3. The van der Waals surface area contributed by atoms with Gasteiger partial charge in [-0.3, -0.25) is 4.90 Å². The number of rotatable bonds is 5. The molecule has 6 nitrogen and oxygen atoms in total. The number of piperazine rings is 1. The van der Waals surface area contributed by atoms with Crippen molar-refractivity contribution in [3.05, 3.63) is 23.2 Å². The van der Waals surface area contributed by atoms with Gasteiger partial charge in [0.05, 0.1) is 17.0 Å². The van der Waals surface area contributed by atoms with Gasteiger partial charge in [0.1, 0.15) is 5.75 Å². The number of ether oxygens (including phenoxy) is 1. The second-order valence-electron chi connectivity index (χ2n) is 5.54. The maximum atomic E-state index is 12.4. The average Bonchev–Trinajstić information content (AvgIpc) is 2.48. The molecule has 0 spiro atoms. The lowest BCUT2D eigenvalue weighted by molar-refractivity contribution is 0.117. The molecule has 0 amide bonds. The van der Waals surface area contributed by atoms with Crippen LogP contribution in [-0.4, -0.2) is 71.6 Å². The summed E-state index contributed by atoms with van der Waals surface area (Å²) in [5, 5.41) is 0.278. The highest BCUT2D eigenvalue weighted by atomic mass is 35.5. The van der Waals surface area contributed by atoms with Crippen LogP contribution in [0.3, 0.4) is 0 Å². The molecular weight excluding hydrogens is 326 g/mol. The molecule has 1 atom stereocenters. The van der Waals surface area contributed by atoms with Gasteiger partial charge in [0.15, 0.2) is 0 Å². The molecule has 1 N–H and O–H groups in total. The Kier molecular flexibility index (Phi) is 5.68. The largest absolute Gasteiger partial charge is 0.495 e. The molecule has 1 saturated heterocycles. The number of likely N-dealkylation sites (N-methyl/N-ethyl adjacent to an activating group) is 2. The first kappa shape index (κ1) is 17.5. The maximum absolute atomic E-state index is 12.4. The second kappa shape index (κ2) is 7.14. The summed E-state index contributed by atoms with van der Waals surface area (Å²) in [6, 6.07) is 4.60. The molecule has 0 bridgehead atoms. The molecule has 1 aromatic rings. The van der Waals surface area contributed by atoms with Crippen molar-refractivity contribution in [1.82, 2.24) is 14.5 Å². The van der Waals surface area contributed by atoms with Crippen molar-refractivity contribution in [2.24, 2.45) is 0 Å². The molecule has 0 aromatic heterocycles. The van der Waals surface area contributed by atoms with Crippen LogP contribution in [0.2, 0.25) is 5.02 Å². The first-order valence-corrected chi connectivity index (χ1v) is 8.91. The van der Waals surface area contributed by atoms with E-state index in [4.69, 9.17) is 16.3 Å². The smallest absolute Gasteiger partial charge is 0.240 e.